The topological polar surface area (TPSA) is 40.8 Å². The molecule has 3 aromatic heterocycles. The third-order valence-electron chi connectivity index (χ3n) is 5.15. The third-order valence-corrected chi connectivity index (χ3v) is 6.91. The molecule has 0 N–H and O–H groups in total. The van der Waals surface area contributed by atoms with Crippen molar-refractivity contribution in [3.8, 4) is 0 Å². The first-order valence-corrected chi connectivity index (χ1v) is 9.80. The molecule has 0 aromatic carbocycles. The van der Waals surface area contributed by atoms with Crippen molar-refractivity contribution in [3.63, 3.8) is 0 Å². The zero-order chi connectivity index (χ0) is 15.6. The lowest BCUT2D eigenvalue weighted by molar-refractivity contribution is 0.0400. The van der Waals surface area contributed by atoms with Gasteiger partial charge in [0, 0.05) is 36.8 Å². The number of hydrogen-bond acceptors (Lipinski definition) is 5. The van der Waals surface area contributed by atoms with Crippen molar-refractivity contribution >= 4 is 43.9 Å². The standard InChI is InChI=1S/C16H18N4OS2/c1-10-8-18-4-2-3-11(18)9-20(10)15(21)13-7-12-14(23-13)17-16-19(12)5-6-22-16/h5-7,10-11H,2-4,8-9H2,1H3/t10-,11+/m0/s1. The van der Waals surface area contributed by atoms with Gasteiger partial charge in [0.15, 0.2) is 4.96 Å². The molecule has 2 fully saturated rings. The lowest BCUT2D eigenvalue weighted by atomic mass is 10.1. The Morgan fingerprint density at radius 1 is 1.39 bits per heavy atom. The Balaban J connectivity index is 1.48. The Kier molecular flexibility index (Phi) is 3.05. The zero-order valence-electron chi connectivity index (χ0n) is 12.9. The second kappa shape index (κ2) is 5.03. The Bertz CT molecular complexity index is 894. The molecule has 2 aliphatic rings. The van der Waals surface area contributed by atoms with Gasteiger partial charge in [-0.15, -0.1) is 22.7 Å². The number of hydrogen-bond donors (Lipinski definition) is 0. The molecule has 0 bridgehead atoms. The monoisotopic (exact) mass is 346 g/mol. The molecule has 0 radical (unpaired) electrons. The van der Waals surface area contributed by atoms with Gasteiger partial charge in [-0.05, 0) is 32.4 Å². The van der Waals surface area contributed by atoms with Gasteiger partial charge in [-0.25, -0.2) is 4.98 Å². The van der Waals surface area contributed by atoms with Gasteiger partial charge >= 0.3 is 0 Å². The van der Waals surface area contributed by atoms with Crippen LogP contribution >= 0.6 is 22.7 Å². The van der Waals surface area contributed by atoms with Gasteiger partial charge in [-0.1, -0.05) is 0 Å². The summed E-state index contributed by atoms with van der Waals surface area (Å²) in [6.07, 6.45) is 4.51. The Morgan fingerprint density at radius 3 is 3.22 bits per heavy atom. The minimum absolute atomic E-state index is 0.177. The normalized spacial score (nSPS) is 25.5. The molecule has 0 aliphatic carbocycles. The first-order chi connectivity index (χ1) is 11.2. The second-order valence-electron chi connectivity index (χ2n) is 6.57. The van der Waals surface area contributed by atoms with Gasteiger partial charge in [0.1, 0.15) is 4.83 Å². The molecule has 23 heavy (non-hydrogen) atoms. The van der Waals surface area contributed by atoms with Crippen LogP contribution in [0.5, 0.6) is 0 Å². The van der Waals surface area contributed by atoms with Crippen molar-refractivity contribution in [2.45, 2.75) is 31.8 Å². The fourth-order valence-corrected chi connectivity index (χ4v) is 5.72. The smallest absolute Gasteiger partial charge is 0.264 e. The molecule has 0 saturated carbocycles. The minimum atomic E-state index is 0.177. The van der Waals surface area contributed by atoms with Crippen molar-refractivity contribution in [2.75, 3.05) is 19.6 Å². The summed E-state index contributed by atoms with van der Waals surface area (Å²) in [6, 6.07) is 2.86. The molecule has 5 nitrogen and oxygen atoms in total. The highest BCUT2D eigenvalue weighted by molar-refractivity contribution is 7.21. The molecule has 2 atom stereocenters. The fraction of sp³-hybridized carbons (Fsp3) is 0.500. The van der Waals surface area contributed by atoms with E-state index in [-0.39, 0.29) is 11.9 Å². The van der Waals surface area contributed by atoms with Crippen molar-refractivity contribution in [2.24, 2.45) is 0 Å². The number of aromatic nitrogens is 2. The van der Waals surface area contributed by atoms with Gasteiger partial charge in [0.25, 0.3) is 5.91 Å². The predicted molar refractivity (Wildman–Crippen MR) is 93.5 cm³/mol. The highest BCUT2D eigenvalue weighted by Crippen LogP contribution is 2.31. The number of amides is 1. The van der Waals surface area contributed by atoms with Crippen molar-refractivity contribution < 1.29 is 4.79 Å². The first-order valence-electron chi connectivity index (χ1n) is 8.11. The quantitative estimate of drug-likeness (QED) is 0.680. The number of thiazole rings is 1. The fourth-order valence-electron chi connectivity index (χ4n) is 3.96. The summed E-state index contributed by atoms with van der Waals surface area (Å²) >= 11 is 3.16. The number of nitrogens with zero attached hydrogens (tertiary/aromatic N) is 4. The molecule has 5 rings (SSSR count). The Labute approximate surface area is 142 Å². The molecule has 0 spiro atoms. The van der Waals surface area contributed by atoms with Crippen LogP contribution in [0.1, 0.15) is 29.4 Å². The van der Waals surface area contributed by atoms with Gasteiger partial charge < -0.3 is 4.90 Å². The van der Waals surface area contributed by atoms with E-state index < -0.39 is 0 Å². The van der Waals surface area contributed by atoms with E-state index in [1.54, 1.807) is 11.3 Å². The van der Waals surface area contributed by atoms with Gasteiger partial charge in [-0.2, -0.15) is 0 Å². The van der Waals surface area contributed by atoms with Crippen molar-refractivity contribution in [1.29, 1.82) is 0 Å². The van der Waals surface area contributed by atoms with Gasteiger partial charge in [-0.3, -0.25) is 14.1 Å². The molecule has 2 saturated heterocycles. The number of imidazole rings is 1. The molecule has 1 amide bonds. The lowest BCUT2D eigenvalue weighted by Crippen LogP contribution is -2.56. The summed E-state index contributed by atoms with van der Waals surface area (Å²) in [6.45, 7) is 5.25. The van der Waals surface area contributed by atoms with Gasteiger partial charge in [0.05, 0.1) is 10.4 Å². The highest BCUT2D eigenvalue weighted by Gasteiger charge is 2.37. The molecule has 120 valence electrons. The molecule has 2 aliphatic heterocycles. The van der Waals surface area contributed by atoms with E-state index in [1.165, 1.54) is 30.7 Å². The Hall–Kier alpha value is -1.44. The summed E-state index contributed by atoms with van der Waals surface area (Å²) < 4.78 is 2.08. The van der Waals surface area contributed by atoms with E-state index >= 15 is 0 Å². The number of thiophene rings is 1. The second-order valence-corrected chi connectivity index (χ2v) is 8.47. The van der Waals surface area contributed by atoms with Crippen LogP contribution < -0.4 is 0 Å². The summed E-state index contributed by atoms with van der Waals surface area (Å²) in [5.41, 5.74) is 1.06. The third kappa shape index (κ3) is 2.07. The highest BCUT2D eigenvalue weighted by atomic mass is 32.1. The van der Waals surface area contributed by atoms with Crippen LogP contribution in [-0.4, -0.2) is 56.8 Å². The maximum atomic E-state index is 13.0. The molecular weight excluding hydrogens is 328 g/mol. The van der Waals surface area contributed by atoms with E-state index in [1.807, 2.05) is 17.6 Å². The molecule has 7 heteroatoms. The molecular formula is C16H18N4OS2. The van der Waals surface area contributed by atoms with E-state index in [0.29, 0.717) is 6.04 Å². The maximum absolute atomic E-state index is 13.0. The number of fused-ring (bicyclic) bond motifs is 4. The van der Waals surface area contributed by atoms with Crippen LogP contribution in [0, 0.1) is 0 Å². The number of carbonyl (C=O) groups excluding carboxylic acids is 1. The summed E-state index contributed by atoms with van der Waals surface area (Å²) in [7, 11) is 0. The molecule has 0 unspecified atom stereocenters. The summed E-state index contributed by atoms with van der Waals surface area (Å²) in [5.74, 6) is 0.177. The van der Waals surface area contributed by atoms with Crippen molar-refractivity contribution in [3.05, 3.63) is 22.5 Å². The summed E-state index contributed by atoms with van der Waals surface area (Å²) in [4.78, 5) is 25.0. The Morgan fingerprint density at radius 2 is 2.30 bits per heavy atom. The number of rotatable bonds is 1. The number of piperazine rings is 1. The van der Waals surface area contributed by atoms with Crippen LogP contribution in [0.3, 0.4) is 0 Å². The number of carbonyl (C=O) groups is 1. The van der Waals surface area contributed by atoms with Crippen LogP contribution in [-0.2, 0) is 0 Å². The average Bonchev–Trinajstić information content (AvgIpc) is 3.25. The van der Waals surface area contributed by atoms with Crippen molar-refractivity contribution in [1.82, 2.24) is 19.2 Å². The zero-order valence-corrected chi connectivity index (χ0v) is 14.6. The maximum Gasteiger partial charge on any atom is 0.264 e. The van der Waals surface area contributed by atoms with E-state index in [0.717, 1.165) is 33.3 Å². The van der Waals surface area contributed by atoms with E-state index in [4.69, 9.17) is 0 Å². The largest absolute Gasteiger partial charge is 0.332 e. The minimum Gasteiger partial charge on any atom is -0.332 e. The van der Waals surface area contributed by atoms with Crippen LogP contribution in [0.25, 0.3) is 15.3 Å². The summed E-state index contributed by atoms with van der Waals surface area (Å²) in [5, 5.41) is 2.03. The van der Waals surface area contributed by atoms with Crippen LogP contribution in [0.4, 0.5) is 0 Å². The SMILES string of the molecule is C[C@H]1CN2CCC[C@@H]2CN1C(=O)c1cc2c(nc3sccn32)s1. The predicted octanol–water partition coefficient (Wildman–Crippen LogP) is 2.92. The van der Waals surface area contributed by atoms with Crippen LogP contribution in [0.15, 0.2) is 17.6 Å². The molecule has 5 heterocycles. The lowest BCUT2D eigenvalue weighted by Gasteiger charge is -2.42. The van der Waals surface area contributed by atoms with E-state index in [9.17, 15) is 4.79 Å². The molecule has 3 aromatic rings. The van der Waals surface area contributed by atoms with Crippen LogP contribution in [0.2, 0.25) is 0 Å². The average molecular weight is 346 g/mol. The van der Waals surface area contributed by atoms with Gasteiger partial charge in [0.2, 0.25) is 0 Å². The van der Waals surface area contributed by atoms with E-state index in [2.05, 4.69) is 26.1 Å². The first kappa shape index (κ1) is 13.9.